The Morgan fingerprint density at radius 3 is 2.33 bits per heavy atom. The molecule has 0 unspecified atom stereocenters. The number of amides is 1. The second kappa shape index (κ2) is 9.76. The van der Waals surface area contributed by atoms with E-state index in [2.05, 4.69) is 5.32 Å². The summed E-state index contributed by atoms with van der Waals surface area (Å²) in [6.07, 6.45) is 5.37. The van der Waals surface area contributed by atoms with Gasteiger partial charge >= 0.3 is 5.97 Å². The molecule has 1 amide bonds. The molecular formula is C22H25NO4. The molecule has 1 N–H and O–H groups in total. The third kappa shape index (κ3) is 6.13. The summed E-state index contributed by atoms with van der Waals surface area (Å²) in [6.45, 7) is 0.362. The highest BCUT2D eigenvalue weighted by Crippen LogP contribution is 2.20. The average molecular weight is 367 g/mol. The van der Waals surface area contributed by atoms with Gasteiger partial charge in [-0.05, 0) is 55.5 Å². The molecule has 1 aliphatic carbocycles. The average Bonchev–Trinajstić information content (AvgIpc) is 2.72. The summed E-state index contributed by atoms with van der Waals surface area (Å²) in [5, 5.41) is 2.88. The number of ether oxygens (including phenoxy) is 2. The number of carbonyl (C=O) groups is 2. The smallest absolute Gasteiger partial charge is 0.344 e. The molecule has 2 aromatic rings. The zero-order chi connectivity index (χ0) is 18.9. The van der Waals surface area contributed by atoms with Crippen LogP contribution >= 0.6 is 0 Å². The van der Waals surface area contributed by atoms with E-state index in [4.69, 9.17) is 9.47 Å². The topological polar surface area (TPSA) is 64.6 Å². The third-order valence-electron chi connectivity index (χ3n) is 4.62. The van der Waals surface area contributed by atoms with Crippen LogP contribution in [0.1, 0.15) is 48.0 Å². The minimum Gasteiger partial charge on any atom is -0.482 e. The van der Waals surface area contributed by atoms with Crippen LogP contribution in [0.25, 0.3) is 0 Å². The Balaban J connectivity index is 1.42. The number of carbonyl (C=O) groups excluding carboxylic acids is 2. The Hall–Kier alpha value is -2.82. The maximum atomic E-state index is 12.2. The normalized spacial score (nSPS) is 14.4. The predicted molar refractivity (Wildman–Crippen MR) is 103 cm³/mol. The molecule has 0 aliphatic heterocycles. The number of hydrogen-bond donors (Lipinski definition) is 1. The fraction of sp³-hybridized carbons (Fsp3) is 0.364. The first-order valence-electron chi connectivity index (χ1n) is 9.45. The minimum atomic E-state index is -0.341. The van der Waals surface area contributed by atoms with E-state index in [0.717, 1.165) is 31.2 Å². The van der Waals surface area contributed by atoms with E-state index >= 15 is 0 Å². The molecule has 27 heavy (non-hydrogen) atoms. The quantitative estimate of drug-likeness (QED) is 0.755. The summed E-state index contributed by atoms with van der Waals surface area (Å²) in [4.78, 5) is 24.1. The van der Waals surface area contributed by atoms with E-state index in [-0.39, 0.29) is 24.6 Å². The van der Waals surface area contributed by atoms with Gasteiger partial charge in [0, 0.05) is 12.1 Å². The molecule has 1 aliphatic rings. The van der Waals surface area contributed by atoms with Crippen LogP contribution in [0.5, 0.6) is 5.75 Å². The zero-order valence-electron chi connectivity index (χ0n) is 15.4. The molecule has 0 heterocycles. The molecule has 1 saturated carbocycles. The fourth-order valence-electron chi connectivity index (χ4n) is 3.13. The molecule has 142 valence electrons. The molecule has 3 rings (SSSR count). The number of nitrogens with one attached hydrogen (secondary N) is 1. The lowest BCUT2D eigenvalue weighted by Crippen LogP contribution is -2.24. The summed E-state index contributed by atoms with van der Waals surface area (Å²) in [7, 11) is 0. The van der Waals surface area contributed by atoms with Gasteiger partial charge in [-0.1, -0.05) is 36.8 Å². The highest BCUT2D eigenvalue weighted by molar-refractivity contribution is 5.94. The Labute approximate surface area is 159 Å². The lowest BCUT2D eigenvalue weighted by atomic mass is 9.98. The second-order valence-corrected chi connectivity index (χ2v) is 6.73. The van der Waals surface area contributed by atoms with Gasteiger partial charge in [0.05, 0.1) is 0 Å². The van der Waals surface area contributed by atoms with Gasteiger partial charge < -0.3 is 14.8 Å². The van der Waals surface area contributed by atoms with Crippen LogP contribution in [0, 0.1) is 0 Å². The molecule has 5 heteroatoms. The molecule has 0 radical (unpaired) electrons. The van der Waals surface area contributed by atoms with E-state index < -0.39 is 0 Å². The lowest BCUT2D eigenvalue weighted by Gasteiger charge is -2.21. The molecule has 0 bridgehead atoms. The Kier molecular flexibility index (Phi) is 6.85. The van der Waals surface area contributed by atoms with Crippen LogP contribution < -0.4 is 10.1 Å². The third-order valence-corrected chi connectivity index (χ3v) is 4.62. The van der Waals surface area contributed by atoms with Crippen molar-refractivity contribution in [3.8, 4) is 5.75 Å². The van der Waals surface area contributed by atoms with Crippen LogP contribution in [-0.2, 0) is 16.1 Å². The van der Waals surface area contributed by atoms with E-state index in [1.807, 2.05) is 30.3 Å². The van der Waals surface area contributed by atoms with Crippen LogP contribution in [0.3, 0.4) is 0 Å². The van der Waals surface area contributed by atoms with Gasteiger partial charge in [0.25, 0.3) is 5.91 Å². The van der Waals surface area contributed by atoms with Crippen LogP contribution in [0.2, 0.25) is 0 Å². The van der Waals surface area contributed by atoms with Gasteiger partial charge in [-0.3, -0.25) is 4.79 Å². The first-order valence-corrected chi connectivity index (χ1v) is 9.45. The number of rotatable bonds is 7. The molecule has 1 fully saturated rings. The van der Waals surface area contributed by atoms with Crippen LogP contribution in [-0.4, -0.2) is 24.6 Å². The summed E-state index contributed by atoms with van der Waals surface area (Å²) in [5.41, 5.74) is 1.59. The monoisotopic (exact) mass is 367 g/mol. The second-order valence-electron chi connectivity index (χ2n) is 6.73. The lowest BCUT2D eigenvalue weighted by molar-refractivity contribution is -0.152. The van der Waals surface area contributed by atoms with Crippen molar-refractivity contribution in [3.63, 3.8) is 0 Å². The van der Waals surface area contributed by atoms with Gasteiger partial charge in [0.2, 0.25) is 0 Å². The summed E-state index contributed by atoms with van der Waals surface area (Å²) >= 11 is 0. The Morgan fingerprint density at radius 1 is 0.926 bits per heavy atom. The Bertz CT molecular complexity index is 737. The van der Waals surface area contributed by atoms with Crippen molar-refractivity contribution < 1.29 is 19.1 Å². The number of hydrogen-bond acceptors (Lipinski definition) is 4. The SMILES string of the molecule is O=C(COc1ccc(C(=O)NCc2ccccc2)cc1)OC1CCCCC1. The highest BCUT2D eigenvalue weighted by atomic mass is 16.6. The van der Waals surface area contributed by atoms with Crippen molar-refractivity contribution in [1.29, 1.82) is 0 Å². The summed E-state index contributed by atoms with van der Waals surface area (Å²) < 4.78 is 10.9. The van der Waals surface area contributed by atoms with Gasteiger partial charge in [0.1, 0.15) is 11.9 Å². The van der Waals surface area contributed by atoms with E-state index in [0.29, 0.717) is 17.9 Å². The first-order chi connectivity index (χ1) is 13.2. The van der Waals surface area contributed by atoms with Crippen molar-refractivity contribution in [2.24, 2.45) is 0 Å². The summed E-state index contributed by atoms with van der Waals surface area (Å²) in [6, 6.07) is 16.5. The molecular weight excluding hydrogens is 342 g/mol. The van der Waals surface area contributed by atoms with E-state index in [9.17, 15) is 9.59 Å². The largest absolute Gasteiger partial charge is 0.482 e. The van der Waals surface area contributed by atoms with Gasteiger partial charge in [-0.2, -0.15) is 0 Å². The molecule has 0 aromatic heterocycles. The van der Waals surface area contributed by atoms with Crippen molar-refractivity contribution in [1.82, 2.24) is 5.32 Å². The van der Waals surface area contributed by atoms with E-state index in [1.165, 1.54) is 6.42 Å². The van der Waals surface area contributed by atoms with E-state index in [1.54, 1.807) is 24.3 Å². The number of benzene rings is 2. The maximum Gasteiger partial charge on any atom is 0.344 e. The molecule has 2 aromatic carbocycles. The van der Waals surface area contributed by atoms with Gasteiger partial charge in [-0.25, -0.2) is 4.79 Å². The van der Waals surface area contributed by atoms with Crippen molar-refractivity contribution in [3.05, 3.63) is 65.7 Å². The first kappa shape index (κ1) is 19.0. The number of esters is 1. The van der Waals surface area contributed by atoms with Crippen molar-refractivity contribution in [2.75, 3.05) is 6.61 Å². The maximum absolute atomic E-state index is 12.2. The van der Waals surface area contributed by atoms with Crippen molar-refractivity contribution >= 4 is 11.9 Å². The predicted octanol–water partition coefficient (Wildman–Crippen LogP) is 3.87. The van der Waals surface area contributed by atoms with Crippen LogP contribution in [0.15, 0.2) is 54.6 Å². The van der Waals surface area contributed by atoms with Crippen LogP contribution in [0.4, 0.5) is 0 Å². The Morgan fingerprint density at radius 2 is 1.63 bits per heavy atom. The molecule has 5 nitrogen and oxygen atoms in total. The molecule has 0 spiro atoms. The standard InChI is InChI=1S/C22H25NO4/c24-21(27-20-9-5-2-6-10-20)16-26-19-13-11-18(12-14-19)22(25)23-15-17-7-3-1-4-8-17/h1,3-4,7-8,11-14,20H,2,5-6,9-10,15-16H2,(H,23,25). The van der Waals surface area contributed by atoms with Gasteiger partial charge in [0.15, 0.2) is 6.61 Å². The van der Waals surface area contributed by atoms with Gasteiger partial charge in [-0.15, -0.1) is 0 Å². The van der Waals surface area contributed by atoms with Crippen molar-refractivity contribution in [2.45, 2.75) is 44.8 Å². The highest BCUT2D eigenvalue weighted by Gasteiger charge is 2.18. The molecule has 0 atom stereocenters. The zero-order valence-corrected chi connectivity index (χ0v) is 15.4. The minimum absolute atomic E-state index is 0.0329. The fourth-order valence-corrected chi connectivity index (χ4v) is 3.13. The molecule has 0 saturated heterocycles. The summed E-state index contributed by atoms with van der Waals surface area (Å²) in [5.74, 6) is 0.0453.